The zero-order chi connectivity index (χ0) is 15.1. The van der Waals surface area contributed by atoms with E-state index in [0.717, 1.165) is 35.5 Å². The highest BCUT2D eigenvalue weighted by atomic mass is 15.4. The molecule has 3 aromatic rings. The van der Waals surface area contributed by atoms with E-state index in [0.29, 0.717) is 6.54 Å². The number of nitrogens with one attached hydrogen (secondary N) is 1. The lowest BCUT2D eigenvalue weighted by molar-refractivity contribution is 0.408. The minimum atomic E-state index is 0.244. The molecule has 0 amide bonds. The van der Waals surface area contributed by atoms with Crippen LogP contribution in [-0.2, 0) is 13.0 Å². The third-order valence-corrected chi connectivity index (χ3v) is 4.15. The summed E-state index contributed by atoms with van der Waals surface area (Å²) in [5, 5.41) is 14.1. The Bertz CT molecular complexity index is 870. The highest BCUT2D eigenvalue weighted by molar-refractivity contribution is 5.87. The van der Waals surface area contributed by atoms with Gasteiger partial charge in [0.05, 0.1) is 18.0 Å². The van der Waals surface area contributed by atoms with Gasteiger partial charge in [0, 0.05) is 19.7 Å². The van der Waals surface area contributed by atoms with Gasteiger partial charge in [-0.2, -0.15) is 5.26 Å². The number of aromatic nitrogens is 6. The van der Waals surface area contributed by atoms with Crippen molar-refractivity contribution in [1.82, 2.24) is 29.7 Å². The molecule has 1 atom stereocenters. The first kappa shape index (κ1) is 12.8. The van der Waals surface area contributed by atoms with Gasteiger partial charge in [0.15, 0.2) is 0 Å². The van der Waals surface area contributed by atoms with Crippen LogP contribution in [0.15, 0.2) is 18.6 Å². The lowest BCUT2D eigenvalue weighted by Crippen LogP contribution is -2.40. The minimum absolute atomic E-state index is 0.244. The van der Waals surface area contributed by atoms with E-state index in [2.05, 4.69) is 29.9 Å². The van der Waals surface area contributed by atoms with Crippen molar-refractivity contribution in [2.45, 2.75) is 25.4 Å². The number of aryl methyl sites for hydroxylation is 1. The molecule has 1 N–H and O–H groups in total. The van der Waals surface area contributed by atoms with Crippen LogP contribution in [0.5, 0.6) is 0 Å². The maximum absolute atomic E-state index is 8.92. The van der Waals surface area contributed by atoms with Crippen LogP contribution in [0, 0.1) is 11.3 Å². The summed E-state index contributed by atoms with van der Waals surface area (Å²) in [7, 11) is 2.03. The number of hydrogen-bond donors (Lipinski definition) is 1. The largest absolute Gasteiger partial charge is 0.354 e. The quantitative estimate of drug-likeness (QED) is 0.753. The van der Waals surface area contributed by atoms with Crippen LogP contribution < -0.4 is 4.90 Å². The molecule has 4 rings (SSSR count). The number of nitriles is 1. The third-order valence-electron chi connectivity index (χ3n) is 4.15. The summed E-state index contributed by atoms with van der Waals surface area (Å²) in [6, 6.07) is 4.24. The average molecular weight is 294 g/mol. The van der Waals surface area contributed by atoms with Crippen molar-refractivity contribution in [1.29, 1.82) is 5.26 Å². The van der Waals surface area contributed by atoms with Crippen molar-refractivity contribution in [3.63, 3.8) is 0 Å². The zero-order valence-electron chi connectivity index (χ0n) is 12.1. The standard InChI is InChI=1S/C14H14N8/c1-21(14-10-4-5-16-13(10)17-8-18-14)9-2-3-12-19-11(6-15)20-22(12)7-9/h4-5,8-9H,2-3,7H2,1H3,(H,16,17,18). The van der Waals surface area contributed by atoms with E-state index in [1.54, 1.807) is 6.33 Å². The van der Waals surface area contributed by atoms with Crippen molar-refractivity contribution in [2.75, 3.05) is 11.9 Å². The van der Waals surface area contributed by atoms with Crippen molar-refractivity contribution >= 4 is 16.9 Å². The SMILES string of the molecule is CN(c1ncnc2[nH]ccc12)C1CCc2nc(C#N)nn2C1. The summed E-state index contributed by atoms with van der Waals surface area (Å²) in [6.07, 6.45) is 5.20. The van der Waals surface area contributed by atoms with E-state index in [1.165, 1.54) is 0 Å². The van der Waals surface area contributed by atoms with E-state index >= 15 is 0 Å². The van der Waals surface area contributed by atoms with Crippen LogP contribution in [0.3, 0.4) is 0 Å². The van der Waals surface area contributed by atoms with Crippen LogP contribution in [-0.4, -0.2) is 42.8 Å². The summed E-state index contributed by atoms with van der Waals surface area (Å²) in [6.45, 7) is 0.705. The molecule has 3 aromatic heterocycles. The number of rotatable bonds is 2. The molecule has 8 nitrogen and oxygen atoms in total. The number of fused-ring (bicyclic) bond motifs is 2. The molecule has 8 heteroatoms. The van der Waals surface area contributed by atoms with Gasteiger partial charge in [-0.25, -0.2) is 19.6 Å². The Labute approximate surface area is 126 Å². The summed E-state index contributed by atoms with van der Waals surface area (Å²) in [5.41, 5.74) is 0.834. The van der Waals surface area contributed by atoms with E-state index < -0.39 is 0 Å². The Balaban J connectivity index is 1.65. The van der Waals surface area contributed by atoms with Gasteiger partial charge in [-0.05, 0) is 12.5 Å². The monoisotopic (exact) mass is 294 g/mol. The van der Waals surface area contributed by atoms with Gasteiger partial charge in [-0.1, -0.05) is 0 Å². The molecule has 0 aliphatic carbocycles. The molecule has 0 radical (unpaired) electrons. The number of likely N-dealkylation sites (N-methyl/N-ethyl adjacent to an activating group) is 1. The van der Waals surface area contributed by atoms with Gasteiger partial charge in [0.2, 0.25) is 0 Å². The molecule has 0 bridgehead atoms. The van der Waals surface area contributed by atoms with E-state index in [1.807, 2.05) is 30.1 Å². The van der Waals surface area contributed by atoms with Crippen LogP contribution in [0.25, 0.3) is 11.0 Å². The van der Waals surface area contributed by atoms with Crippen LogP contribution in [0.4, 0.5) is 5.82 Å². The lowest BCUT2D eigenvalue weighted by atomic mass is 10.1. The molecule has 0 saturated heterocycles. The number of hydrogen-bond acceptors (Lipinski definition) is 6. The van der Waals surface area contributed by atoms with Crippen molar-refractivity contribution < 1.29 is 0 Å². The molecule has 1 unspecified atom stereocenters. The second kappa shape index (κ2) is 4.80. The molecule has 110 valence electrons. The highest BCUT2D eigenvalue weighted by Gasteiger charge is 2.26. The van der Waals surface area contributed by atoms with Crippen LogP contribution >= 0.6 is 0 Å². The highest BCUT2D eigenvalue weighted by Crippen LogP contribution is 2.26. The molecule has 0 saturated carbocycles. The van der Waals surface area contributed by atoms with Crippen LogP contribution in [0.2, 0.25) is 0 Å². The first-order valence-electron chi connectivity index (χ1n) is 7.11. The molecule has 0 aromatic carbocycles. The Hall–Kier alpha value is -2.95. The van der Waals surface area contributed by atoms with Gasteiger partial charge in [-0.15, -0.1) is 5.10 Å². The van der Waals surface area contributed by atoms with Gasteiger partial charge >= 0.3 is 0 Å². The molecular weight excluding hydrogens is 280 g/mol. The second-order valence-electron chi connectivity index (χ2n) is 5.39. The fourth-order valence-electron chi connectivity index (χ4n) is 2.97. The first-order chi connectivity index (χ1) is 10.8. The zero-order valence-corrected chi connectivity index (χ0v) is 12.1. The molecule has 0 fully saturated rings. The number of anilines is 1. The topological polar surface area (TPSA) is 99.3 Å². The van der Waals surface area contributed by atoms with Gasteiger partial charge in [-0.3, -0.25) is 0 Å². The summed E-state index contributed by atoms with van der Waals surface area (Å²) in [5.74, 6) is 2.03. The predicted octanol–water partition coefficient (Wildman–Crippen LogP) is 0.872. The molecule has 22 heavy (non-hydrogen) atoms. The Morgan fingerprint density at radius 2 is 2.36 bits per heavy atom. The van der Waals surface area contributed by atoms with Gasteiger partial charge < -0.3 is 9.88 Å². The summed E-state index contributed by atoms with van der Waals surface area (Å²) in [4.78, 5) is 18.1. The maximum Gasteiger partial charge on any atom is 0.252 e. The van der Waals surface area contributed by atoms with E-state index in [-0.39, 0.29) is 11.9 Å². The van der Waals surface area contributed by atoms with E-state index in [9.17, 15) is 0 Å². The molecule has 0 spiro atoms. The molecule has 1 aliphatic rings. The number of nitrogens with zero attached hydrogens (tertiary/aromatic N) is 7. The molecule has 4 heterocycles. The Morgan fingerprint density at radius 3 is 3.23 bits per heavy atom. The average Bonchev–Trinajstić information content (AvgIpc) is 3.18. The lowest BCUT2D eigenvalue weighted by Gasteiger charge is -2.32. The predicted molar refractivity (Wildman–Crippen MR) is 79.1 cm³/mol. The normalized spacial score (nSPS) is 17.2. The fourth-order valence-corrected chi connectivity index (χ4v) is 2.97. The Kier molecular flexibility index (Phi) is 2.79. The minimum Gasteiger partial charge on any atom is -0.354 e. The first-order valence-corrected chi connectivity index (χ1v) is 7.11. The van der Waals surface area contributed by atoms with Gasteiger partial charge in [0.25, 0.3) is 5.82 Å². The third kappa shape index (κ3) is 1.90. The van der Waals surface area contributed by atoms with Gasteiger partial charge in [0.1, 0.15) is 29.7 Å². The molecular formula is C14H14N8. The van der Waals surface area contributed by atoms with Crippen molar-refractivity contribution in [3.05, 3.63) is 30.2 Å². The maximum atomic E-state index is 8.92. The van der Waals surface area contributed by atoms with Crippen molar-refractivity contribution in [2.24, 2.45) is 0 Å². The second-order valence-corrected chi connectivity index (χ2v) is 5.39. The Morgan fingerprint density at radius 1 is 1.45 bits per heavy atom. The van der Waals surface area contributed by atoms with Crippen molar-refractivity contribution in [3.8, 4) is 6.07 Å². The fraction of sp³-hybridized carbons (Fsp3) is 0.357. The summed E-state index contributed by atoms with van der Waals surface area (Å²) < 4.78 is 1.83. The molecule has 1 aliphatic heterocycles. The van der Waals surface area contributed by atoms with Crippen LogP contribution in [0.1, 0.15) is 18.1 Å². The van der Waals surface area contributed by atoms with E-state index in [4.69, 9.17) is 5.26 Å². The smallest absolute Gasteiger partial charge is 0.252 e. The number of aromatic amines is 1. The summed E-state index contributed by atoms with van der Waals surface area (Å²) >= 11 is 0. The number of H-pyrrole nitrogens is 1.